The zero-order chi connectivity index (χ0) is 19.8. The fourth-order valence-corrected chi connectivity index (χ4v) is 2.81. The molecule has 1 atom stereocenters. The van der Waals surface area contributed by atoms with Gasteiger partial charge in [-0.2, -0.15) is 0 Å². The first-order chi connectivity index (χ1) is 13.7. The molecule has 1 aliphatic rings. The van der Waals surface area contributed by atoms with E-state index in [1.54, 1.807) is 14.2 Å². The third-order valence-electron chi connectivity index (χ3n) is 4.32. The minimum atomic E-state index is -0.0131. The fourth-order valence-electron chi connectivity index (χ4n) is 2.81. The Labute approximate surface area is 165 Å². The van der Waals surface area contributed by atoms with E-state index in [1.165, 1.54) is 5.56 Å². The van der Waals surface area contributed by atoms with Crippen molar-refractivity contribution in [1.29, 1.82) is 0 Å². The van der Waals surface area contributed by atoms with Gasteiger partial charge >= 0.3 is 0 Å². The number of rotatable bonds is 8. The molecule has 0 bridgehead atoms. The predicted molar refractivity (Wildman–Crippen MR) is 109 cm³/mol. The van der Waals surface area contributed by atoms with Gasteiger partial charge in [0.2, 0.25) is 6.79 Å². The fraction of sp³-hybridized carbons (Fsp3) is 0.381. The molecular weight excluding hydrogens is 358 g/mol. The molecule has 0 aliphatic carbocycles. The van der Waals surface area contributed by atoms with Gasteiger partial charge in [-0.3, -0.25) is 4.99 Å². The monoisotopic (exact) mass is 385 g/mol. The third kappa shape index (κ3) is 5.45. The van der Waals surface area contributed by atoms with Crippen molar-refractivity contribution < 1.29 is 18.9 Å². The van der Waals surface area contributed by atoms with E-state index in [2.05, 4.69) is 21.7 Å². The molecule has 3 rings (SSSR count). The van der Waals surface area contributed by atoms with Gasteiger partial charge in [0.15, 0.2) is 17.5 Å². The highest BCUT2D eigenvalue weighted by Gasteiger charge is 2.13. The standard InChI is InChI=1S/C21H27N3O4/c1-15(28-18-7-5-17(25-3)6-8-18)13-24-21(22-2)23-11-10-16-4-9-19-20(12-16)27-14-26-19/h4-9,12,15H,10-11,13-14H2,1-3H3,(H2,22,23,24). The van der Waals surface area contributed by atoms with Crippen LogP contribution >= 0.6 is 0 Å². The lowest BCUT2D eigenvalue weighted by atomic mass is 10.1. The molecule has 0 fully saturated rings. The smallest absolute Gasteiger partial charge is 0.231 e. The van der Waals surface area contributed by atoms with Gasteiger partial charge in [0.25, 0.3) is 0 Å². The van der Waals surface area contributed by atoms with Gasteiger partial charge in [-0.05, 0) is 55.3 Å². The molecule has 1 aliphatic heterocycles. The molecule has 7 heteroatoms. The Morgan fingerprint density at radius 2 is 1.82 bits per heavy atom. The maximum absolute atomic E-state index is 5.90. The Bertz CT molecular complexity index is 793. The summed E-state index contributed by atoms with van der Waals surface area (Å²) in [6.45, 7) is 3.70. The van der Waals surface area contributed by atoms with Crippen LogP contribution in [-0.2, 0) is 6.42 Å². The van der Waals surface area contributed by atoms with E-state index in [0.29, 0.717) is 13.3 Å². The molecule has 0 aromatic heterocycles. The molecule has 0 saturated heterocycles. The van der Waals surface area contributed by atoms with Crippen LogP contribution in [0.1, 0.15) is 12.5 Å². The Balaban J connectivity index is 1.39. The number of guanidine groups is 1. The Morgan fingerprint density at radius 3 is 2.57 bits per heavy atom. The van der Waals surface area contributed by atoms with E-state index in [1.807, 2.05) is 43.3 Å². The highest BCUT2D eigenvalue weighted by molar-refractivity contribution is 5.79. The minimum absolute atomic E-state index is 0.0131. The molecule has 2 aromatic carbocycles. The molecule has 0 saturated carbocycles. The number of aliphatic imine (C=N–C) groups is 1. The van der Waals surface area contributed by atoms with Crippen LogP contribution < -0.4 is 29.6 Å². The van der Waals surface area contributed by atoms with Gasteiger partial charge in [0.1, 0.15) is 17.6 Å². The summed E-state index contributed by atoms with van der Waals surface area (Å²) >= 11 is 0. The topological polar surface area (TPSA) is 73.3 Å². The largest absolute Gasteiger partial charge is 0.497 e. The van der Waals surface area contributed by atoms with E-state index >= 15 is 0 Å². The van der Waals surface area contributed by atoms with E-state index < -0.39 is 0 Å². The Morgan fingerprint density at radius 1 is 1.07 bits per heavy atom. The first-order valence-electron chi connectivity index (χ1n) is 9.31. The maximum atomic E-state index is 5.90. The van der Waals surface area contributed by atoms with Gasteiger partial charge in [-0.15, -0.1) is 0 Å². The van der Waals surface area contributed by atoms with Gasteiger partial charge < -0.3 is 29.6 Å². The van der Waals surface area contributed by atoms with Crippen LogP contribution in [0.4, 0.5) is 0 Å². The van der Waals surface area contributed by atoms with Gasteiger partial charge in [-0.1, -0.05) is 6.07 Å². The average Bonchev–Trinajstić information content (AvgIpc) is 3.19. The molecule has 2 aromatic rings. The van der Waals surface area contributed by atoms with Crippen LogP contribution in [0, 0.1) is 0 Å². The summed E-state index contributed by atoms with van der Waals surface area (Å²) < 4.78 is 21.8. The summed E-state index contributed by atoms with van der Waals surface area (Å²) in [6, 6.07) is 13.6. The van der Waals surface area contributed by atoms with E-state index in [0.717, 1.165) is 41.9 Å². The van der Waals surface area contributed by atoms with Gasteiger partial charge in [0, 0.05) is 13.6 Å². The van der Waals surface area contributed by atoms with Crippen LogP contribution in [0.3, 0.4) is 0 Å². The van der Waals surface area contributed by atoms with Crippen molar-refractivity contribution in [2.24, 2.45) is 4.99 Å². The molecule has 28 heavy (non-hydrogen) atoms. The number of methoxy groups -OCH3 is 1. The van der Waals surface area contributed by atoms with Gasteiger partial charge in [-0.25, -0.2) is 0 Å². The van der Waals surface area contributed by atoms with Crippen molar-refractivity contribution >= 4 is 5.96 Å². The molecule has 0 spiro atoms. The number of benzene rings is 2. The summed E-state index contributed by atoms with van der Waals surface area (Å²) in [7, 11) is 3.40. The summed E-state index contributed by atoms with van der Waals surface area (Å²) in [6.07, 6.45) is 0.843. The normalized spacial score (nSPS) is 13.8. The average molecular weight is 385 g/mol. The second-order valence-corrected chi connectivity index (χ2v) is 6.42. The van der Waals surface area contributed by atoms with Crippen LogP contribution in [0.25, 0.3) is 0 Å². The number of hydrogen-bond acceptors (Lipinski definition) is 5. The van der Waals surface area contributed by atoms with Crippen molar-refractivity contribution in [2.45, 2.75) is 19.4 Å². The number of nitrogens with zero attached hydrogens (tertiary/aromatic N) is 1. The summed E-state index contributed by atoms with van der Waals surface area (Å²) in [5.74, 6) is 3.97. The van der Waals surface area contributed by atoms with E-state index in [9.17, 15) is 0 Å². The third-order valence-corrected chi connectivity index (χ3v) is 4.32. The lowest BCUT2D eigenvalue weighted by Crippen LogP contribution is -2.42. The Hall–Kier alpha value is -3.09. The zero-order valence-electron chi connectivity index (χ0n) is 16.5. The van der Waals surface area contributed by atoms with Crippen LogP contribution in [-0.4, -0.2) is 46.1 Å². The predicted octanol–water partition coefficient (Wildman–Crippen LogP) is 2.60. The minimum Gasteiger partial charge on any atom is -0.497 e. The lowest BCUT2D eigenvalue weighted by Gasteiger charge is -2.18. The summed E-state index contributed by atoms with van der Waals surface area (Å²) in [4.78, 5) is 4.26. The van der Waals surface area contributed by atoms with Crippen LogP contribution in [0.5, 0.6) is 23.0 Å². The Kier molecular flexibility index (Phi) is 6.84. The molecule has 1 unspecified atom stereocenters. The molecule has 1 heterocycles. The maximum Gasteiger partial charge on any atom is 0.231 e. The lowest BCUT2D eigenvalue weighted by molar-refractivity contribution is 0.174. The van der Waals surface area contributed by atoms with Crippen LogP contribution in [0.2, 0.25) is 0 Å². The SMILES string of the molecule is CN=C(NCCc1ccc2c(c1)OCO2)NCC(C)Oc1ccc(OC)cc1. The van der Waals surface area contributed by atoms with E-state index in [4.69, 9.17) is 18.9 Å². The summed E-state index contributed by atoms with van der Waals surface area (Å²) in [5.41, 5.74) is 1.18. The van der Waals surface area contributed by atoms with Crippen molar-refractivity contribution in [3.8, 4) is 23.0 Å². The molecule has 2 N–H and O–H groups in total. The highest BCUT2D eigenvalue weighted by atomic mass is 16.7. The van der Waals surface area contributed by atoms with E-state index in [-0.39, 0.29) is 6.10 Å². The first-order valence-corrected chi connectivity index (χ1v) is 9.31. The molecular formula is C21H27N3O4. The number of hydrogen-bond donors (Lipinski definition) is 2. The quantitative estimate of drug-likeness (QED) is 0.538. The zero-order valence-corrected chi connectivity index (χ0v) is 16.5. The van der Waals surface area contributed by atoms with Crippen molar-refractivity contribution in [3.63, 3.8) is 0 Å². The molecule has 0 amide bonds. The first kappa shape index (κ1) is 19.7. The van der Waals surface area contributed by atoms with Crippen LogP contribution in [0.15, 0.2) is 47.5 Å². The van der Waals surface area contributed by atoms with Gasteiger partial charge in [0.05, 0.1) is 13.7 Å². The molecule has 7 nitrogen and oxygen atoms in total. The highest BCUT2D eigenvalue weighted by Crippen LogP contribution is 2.32. The van der Waals surface area contributed by atoms with Crippen molar-refractivity contribution in [1.82, 2.24) is 10.6 Å². The van der Waals surface area contributed by atoms with Crippen molar-refractivity contribution in [3.05, 3.63) is 48.0 Å². The molecule has 150 valence electrons. The number of ether oxygens (including phenoxy) is 4. The summed E-state index contributed by atoms with van der Waals surface area (Å²) in [5, 5.41) is 6.60. The number of fused-ring (bicyclic) bond motifs is 1. The van der Waals surface area contributed by atoms with Crippen molar-refractivity contribution in [2.75, 3.05) is 34.0 Å². The number of nitrogens with one attached hydrogen (secondary N) is 2. The second-order valence-electron chi connectivity index (χ2n) is 6.42. The molecule has 0 radical (unpaired) electrons. The second kappa shape index (κ2) is 9.73.